The van der Waals surface area contributed by atoms with Gasteiger partial charge in [0.15, 0.2) is 23.8 Å². The van der Waals surface area contributed by atoms with Gasteiger partial charge in [-0.05, 0) is 102 Å². The van der Waals surface area contributed by atoms with Crippen LogP contribution in [0.4, 0.5) is 10.2 Å². The van der Waals surface area contributed by atoms with Gasteiger partial charge in [0.05, 0.1) is 17.8 Å². The first-order chi connectivity index (χ1) is 26.6. The second kappa shape index (κ2) is 17.0. The van der Waals surface area contributed by atoms with Crippen LogP contribution in [0.15, 0.2) is 30.7 Å². The summed E-state index contributed by atoms with van der Waals surface area (Å²) < 4.78 is 20.7. The number of nitrogens with one attached hydrogen (secondary N) is 1. The predicted octanol–water partition coefficient (Wildman–Crippen LogP) is 3.53. The Hall–Kier alpha value is -4.41. The third-order valence-corrected chi connectivity index (χ3v) is 12.2. The van der Waals surface area contributed by atoms with Crippen molar-refractivity contribution in [3.05, 3.63) is 42.1 Å². The molecule has 4 saturated heterocycles. The fourth-order valence-corrected chi connectivity index (χ4v) is 9.10. The minimum Gasteiger partial charge on any atom is -0.479 e. The first-order valence-electron chi connectivity index (χ1n) is 19.8. The summed E-state index contributed by atoms with van der Waals surface area (Å²) in [5, 5.41) is 36.3. The van der Waals surface area contributed by atoms with E-state index in [1.54, 1.807) is 11.1 Å². The molecule has 4 aliphatic heterocycles. The molecule has 15 nitrogen and oxygen atoms in total. The van der Waals surface area contributed by atoms with Crippen LogP contribution >= 0.6 is 0 Å². The van der Waals surface area contributed by atoms with Crippen molar-refractivity contribution in [3.63, 3.8) is 0 Å². The van der Waals surface area contributed by atoms with Gasteiger partial charge >= 0.3 is 11.9 Å². The van der Waals surface area contributed by atoms with Gasteiger partial charge in [0.2, 0.25) is 5.91 Å². The van der Waals surface area contributed by atoms with E-state index >= 15 is 0 Å². The zero-order valence-corrected chi connectivity index (χ0v) is 32.5. The van der Waals surface area contributed by atoms with E-state index < -0.39 is 30.0 Å². The zero-order valence-electron chi connectivity index (χ0n) is 32.5. The van der Waals surface area contributed by atoms with Crippen LogP contribution < -0.4 is 15.0 Å². The van der Waals surface area contributed by atoms with Gasteiger partial charge in [-0.3, -0.25) is 9.59 Å². The van der Waals surface area contributed by atoms with Crippen LogP contribution in [0.3, 0.4) is 0 Å². The number of carboxylic acid groups (broad SMARTS) is 2. The Morgan fingerprint density at radius 3 is 2.16 bits per heavy atom. The van der Waals surface area contributed by atoms with Crippen molar-refractivity contribution in [2.45, 2.75) is 115 Å². The number of piperidine rings is 3. The molecule has 0 unspecified atom stereocenters. The Kier molecular flexibility index (Phi) is 12.5. The number of aliphatic carboxylic acids is 2. The van der Waals surface area contributed by atoms with Crippen molar-refractivity contribution < 1.29 is 48.7 Å². The van der Waals surface area contributed by atoms with Crippen molar-refractivity contribution in [3.8, 4) is 11.5 Å². The Balaban J connectivity index is 0.000000470. The number of carboxylic acids is 2. The van der Waals surface area contributed by atoms with Crippen molar-refractivity contribution in [2.24, 2.45) is 23.2 Å². The third-order valence-electron chi connectivity index (χ3n) is 12.2. The molecule has 0 radical (unpaired) electrons. The van der Waals surface area contributed by atoms with Gasteiger partial charge in [-0.15, -0.1) is 0 Å². The molecule has 6 aliphatic rings. The topological polar surface area (TPSA) is 206 Å². The van der Waals surface area contributed by atoms with E-state index in [0.717, 1.165) is 50.9 Å². The van der Waals surface area contributed by atoms with Gasteiger partial charge in [0.25, 0.3) is 5.91 Å². The van der Waals surface area contributed by atoms with Crippen molar-refractivity contribution in [1.29, 1.82) is 0 Å². The highest BCUT2D eigenvalue weighted by Gasteiger charge is 2.50. The number of hydrogen-bond donors (Lipinski definition) is 5. The summed E-state index contributed by atoms with van der Waals surface area (Å²) in [4.78, 5) is 61.6. The molecular weight excluding hydrogens is 727 g/mol. The minimum atomic E-state index is -2.27. The molecule has 56 heavy (non-hydrogen) atoms. The molecule has 6 atom stereocenters. The predicted molar refractivity (Wildman–Crippen MR) is 202 cm³/mol. The molecule has 2 bridgehead atoms. The second-order valence-electron chi connectivity index (χ2n) is 16.9. The summed E-state index contributed by atoms with van der Waals surface area (Å²) in [5.41, 5.74) is 0.313. The Bertz CT molecular complexity index is 1730. The van der Waals surface area contributed by atoms with Crippen molar-refractivity contribution in [2.75, 3.05) is 31.1 Å². The number of anilines is 1. The van der Waals surface area contributed by atoms with E-state index in [1.807, 2.05) is 27.7 Å². The average molecular weight is 783 g/mol. The number of carbonyl (C=O) groups is 4. The lowest BCUT2D eigenvalue weighted by atomic mass is 9.68. The van der Waals surface area contributed by atoms with E-state index in [0.29, 0.717) is 29.4 Å². The monoisotopic (exact) mass is 782 g/mol. The van der Waals surface area contributed by atoms with Gasteiger partial charge in [-0.2, -0.15) is 0 Å². The number of carbonyl (C=O) groups excluding carboxylic acids is 2. The SMILES string of the molecule is CC(C)N(C(=O)c1cc(F)ccc1Oc1cncnc1N1CC2(CCN(C(=O)[C@H]3N[C@H]4CC[C@@H]3C[C@H]4CC3CC3)CC2)C1)C(C)C.O=C(O)[C@H](O)[C@@H](O)C(=O)O. The largest absolute Gasteiger partial charge is 0.479 e. The highest BCUT2D eigenvalue weighted by molar-refractivity contribution is 5.97. The molecule has 5 N–H and O–H groups in total. The van der Waals surface area contributed by atoms with Crippen LogP contribution in [0.1, 0.15) is 89.4 Å². The second-order valence-corrected chi connectivity index (χ2v) is 16.9. The maximum atomic E-state index is 14.4. The third kappa shape index (κ3) is 9.07. The first-order valence-corrected chi connectivity index (χ1v) is 19.8. The summed E-state index contributed by atoms with van der Waals surface area (Å²) in [7, 11) is 0. The number of aliphatic hydroxyl groups excluding tert-OH is 2. The number of ether oxygens (including phenoxy) is 1. The smallest absolute Gasteiger partial charge is 0.335 e. The molecule has 1 aromatic carbocycles. The number of hydrogen-bond acceptors (Lipinski definition) is 11. The van der Waals surface area contributed by atoms with Crippen LogP contribution in [0.25, 0.3) is 0 Å². The highest BCUT2D eigenvalue weighted by atomic mass is 19.1. The maximum absolute atomic E-state index is 14.4. The van der Waals surface area contributed by atoms with Gasteiger partial charge in [0.1, 0.15) is 17.9 Å². The number of halogens is 1. The highest BCUT2D eigenvalue weighted by Crippen LogP contribution is 2.47. The van der Waals surface area contributed by atoms with Crippen LogP contribution in [0.2, 0.25) is 0 Å². The Morgan fingerprint density at radius 2 is 1.61 bits per heavy atom. The van der Waals surface area contributed by atoms with E-state index in [1.165, 1.54) is 63.1 Å². The molecule has 5 heterocycles. The minimum absolute atomic E-state index is 0.00161. The van der Waals surface area contributed by atoms with Crippen molar-refractivity contribution >= 4 is 29.6 Å². The zero-order chi connectivity index (χ0) is 40.5. The Morgan fingerprint density at radius 1 is 0.964 bits per heavy atom. The molecule has 6 fully saturated rings. The van der Waals surface area contributed by atoms with Gasteiger partial charge in [-0.1, -0.05) is 12.8 Å². The van der Waals surface area contributed by atoms with Crippen LogP contribution in [-0.4, -0.2) is 127 Å². The summed E-state index contributed by atoms with van der Waals surface area (Å²) in [6, 6.07) is 4.45. The van der Waals surface area contributed by atoms with Gasteiger partial charge in [-0.25, -0.2) is 23.9 Å². The quantitative estimate of drug-likeness (QED) is 0.209. The van der Waals surface area contributed by atoms with Gasteiger partial charge < -0.3 is 45.2 Å². The van der Waals surface area contributed by atoms with Crippen LogP contribution in [-0.2, 0) is 14.4 Å². The molecule has 16 heteroatoms. The first kappa shape index (κ1) is 41.2. The summed E-state index contributed by atoms with van der Waals surface area (Å²) in [6.07, 6.45) is 8.32. The lowest BCUT2D eigenvalue weighted by Crippen LogP contribution is -2.65. The summed E-state index contributed by atoms with van der Waals surface area (Å²) >= 11 is 0. The van der Waals surface area contributed by atoms with E-state index in [2.05, 4.69) is 25.1 Å². The molecule has 8 rings (SSSR count). The fraction of sp³-hybridized carbons (Fsp3) is 0.650. The number of nitrogens with zero attached hydrogens (tertiary/aromatic N) is 5. The molecule has 2 aliphatic carbocycles. The average Bonchev–Trinajstić information content (AvgIpc) is 3.98. The van der Waals surface area contributed by atoms with Gasteiger partial charge in [0, 0.05) is 49.7 Å². The Labute approximate surface area is 326 Å². The molecule has 306 valence electrons. The normalized spacial score (nSPS) is 24.9. The molecular formula is C40H55FN6O9. The fourth-order valence-electron chi connectivity index (χ4n) is 9.10. The standard InChI is InChI=1S/C36H49FN6O3.C4H6O6/c1-22(2)43(23(3)4)34(44)28-17-27(37)8-10-30(28)46-31-18-38-21-39-33(31)42-19-36(20-42)11-13-41(14-12-36)35(45)32-25-7-9-29(40-32)26(16-25)15-24-5-6-24;5-1(3(7)8)2(6)4(9)10/h8,10,17-18,21-26,29,32,40H,5-7,9,11-16,19-20H2,1-4H3;1-2,5-6H,(H,7,8)(H,9,10)/t25-,26-,29+,32+;1-,2-/m11/s1. The number of benzene rings is 1. The number of aromatic nitrogens is 2. The number of likely N-dealkylation sites (tertiary alicyclic amines) is 1. The molecule has 1 aromatic heterocycles. The number of amides is 2. The summed E-state index contributed by atoms with van der Waals surface area (Å²) in [5.74, 6) is -0.424. The van der Waals surface area contributed by atoms with E-state index in [4.69, 9.17) is 25.2 Å². The molecule has 2 amide bonds. The molecule has 1 spiro atoms. The number of rotatable bonds is 12. The van der Waals surface area contributed by atoms with E-state index in [-0.39, 0.29) is 40.8 Å². The number of aliphatic hydroxyl groups is 2. The van der Waals surface area contributed by atoms with Crippen molar-refractivity contribution in [1.82, 2.24) is 25.1 Å². The lowest BCUT2D eigenvalue weighted by molar-refractivity contribution is -0.165. The van der Waals surface area contributed by atoms with E-state index in [9.17, 15) is 23.6 Å². The van der Waals surface area contributed by atoms with Crippen LogP contribution in [0, 0.1) is 29.0 Å². The van der Waals surface area contributed by atoms with Crippen LogP contribution in [0.5, 0.6) is 11.5 Å². The summed E-state index contributed by atoms with van der Waals surface area (Å²) in [6.45, 7) is 11.0. The molecule has 2 saturated carbocycles. The number of fused-ring (bicyclic) bond motifs is 3. The maximum Gasteiger partial charge on any atom is 0.335 e. The lowest BCUT2D eigenvalue weighted by Gasteiger charge is -2.55. The molecule has 2 aromatic rings.